The first-order valence-electron chi connectivity index (χ1n) is 6.25. The molecule has 1 aliphatic rings. The topological polar surface area (TPSA) is 20.3 Å². The first kappa shape index (κ1) is 13.1. The molecule has 98 valence electrons. The highest BCUT2D eigenvalue weighted by Gasteiger charge is 2.29. The average Bonchev–Trinajstić information content (AvgIpc) is 2.77. The Kier molecular flexibility index (Phi) is 3.76. The molecule has 2 nitrogen and oxygen atoms in total. The minimum Gasteiger partial charge on any atom is -0.292 e. The van der Waals surface area contributed by atoms with E-state index in [2.05, 4.69) is 11.8 Å². The standard InChI is InChI=1S/C14H17F2NO/c1-9-4-3-7-17(9)10(2)14(18)11-5-6-12(15)13(16)8-11/h5-6,8-10H,3-4,7H2,1-2H3. The van der Waals surface area contributed by atoms with Crippen LogP contribution >= 0.6 is 0 Å². The fourth-order valence-corrected chi connectivity index (χ4v) is 2.57. The van der Waals surface area contributed by atoms with E-state index < -0.39 is 11.6 Å². The lowest BCUT2D eigenvalue weighted by Gasteiger charge is -2.27. The number of benzene rings is 1. The third-order valence-corrected chi connectivity index (χ3v) is 3.69. The molecule has 1 aliphatic heterocycles. The van der Waals surface area contributed by atoms with Gasteiger partial charge in [-0.1, -0.05) is 0 Å². The van der Waals surface area contributed by atoms with Gasteiger partial charge in [-0.25, -0.2) is 8.78 Å². The summed E-state index contributed by atoms with van der Waals surface area (Å²) < 4.78 is 25.9. The van der Waals surface area contributed by atoms with E-state index >= 15 is 0 Å². The van der Waals surface area contributed by atoms with E-state index in [1.807, 2.05) is 6.92 Å². The van der Waals surface area contributed by atoms with Crippen molar-refractivity contribution in [2.75, 3.05) is 6.54 Å². The second-order valence-corrected chi connectivity index (χ2v) is 4.90. The Bertz CT molecular complexity index is 461. The quantitative estimate of drug-likeness (QED) is 0.772. The lowest BCUT2D eigenvalue weighted by Crippen LogP contribution is -2.41. The molecule has 0 N–H and O–H groups in total. The molecule has 0 amide bonds. The molecule has 2 rings (SSSR count). The maximum absolute atomic E-state index is 13.1. The van der Waals surface area contributed by atoms with Gasteiger partial charge in [0.1, 0.15) is 0 Å². The summed E-state index contributed by atoms with van der Waals surface area (Å²) in [6.07, 6.45) is 2.16. The maximum Gasteiger partial charge on any atom is 0.179 e. The molecule has 0 aliphatic carbocycles. The number of nitrogens with zero attached hydrogens (tertiary/aromatic N) is 1. The monoisotopic (exact) mass is 253 g/mol. The van der Waals surface area contributed by atoms with Crippen molar-refractivity contribution in [3.63, 3.8) is 0 Å². The molecule has 0 bridgehead atoms. The predicted octanol–water partition coefficient (Wildman–Crippen LogP) is 3.02. The highest BCUT2D eigenvalue weighted by molar-refractivity contribution is 5.99. The van der Waals surface area contributed by atoms with Gasteiger partial charge < -0.3 is 0 Å². The molecule has 18 heavy (non-hydrogen) atoms. The Morgan fingerprint density at radius 3 is 2.67 bits per heavy atom. The zero-order chi connectivity index (χ0) is 13.3. The van der Waals surface area contributed by atoms with Crippen LogP contribution in [0, 0.1) is 11.6 Å². The van der Waals surface area contributed by atoms with Crippen molar-refractivity contribution < 1.29 is 13.6 Å². The van der Waals surface area contributed by atoms with Crippen LogP contribution in [0.15, 0.2) is 18.2 Å². The average molecular weight is 253 g/mol. The number of Topliss-reactive ketones (excluding diaryl/α,β-unsaturated/α-hetero) is 1. The number of halogens is 2. The molecule has 1 fully saturated rings. The SMILES string of the molecule is CC1CCCN1C(C)C(=O)c1ccc(F)c(F)c1. The molecule has 0 radical (unpaired) electrons. The number of likely N-dealkylation sites (tertiary alicyclic amines) is 1. The molecule has 0 aromatic heterocycles. The van der Waals surface area contributed by atoms with Gasteiger partial charge in [0.05, 0.1) is 6.04 Å². The number of rotatable bonds is 3. The third kappa shape index (κ3) is 2.43. The molecule has 2 unspecified atom stereocenters. The zero-order valence-electron chi connectivity index (χ0n) is 10.6. The summed E-state index contributed by atoms with van der Waals surface area (Å²) in [6.45, 7) is 4.80. The number of hydrogen-bond donors (Lipinski definition) is 0. The number of carbonyl (C=O) groups is 1. The molecule has 2 atom stereocenters. The van der Waals surface area contributed by atoms with Crippen molar-refractivity contribution in [1.82, 2.24) is 4.90 Å². The van der Waals surface area contributed by atoms with Crippen LogP contribution in [-0.2, 0) is 0 Å². The molecule has 1 aromatic rings. The first-order valence-corrected chi connectivity index (χ1v) is 6.25. The number of carbonyl (C=O) groups excluding carboxylic acids is 1. The fraction of sp³-hybridized carbons (Fsp3) is 0.500. The fourth-order valence-electron chi connectivity index (χ4n) is 2.57. The Labute approximate surface area is 106 Å². The van der Waals surface area contributed by atoms with E-state index in [-0.39, 0.29) is 17.4 Å². The smallest absolute Gasteiger partial charge is 0.179 e. The Morgan fingerprint density at radius 1 is 1.39 bits per heavy atom. The van der Waals surface area contributed by atoms with Crippen LogP contribution in [0.5, 0.6) is 0 Å². The van der Waals surface area contributed by atoms with Crippen LogP contribution < -0.4 is 0 Å². The van der Waals surface area contributed by atoms with E-state index in [4.69, 9.17) is 0 Å². The normalized spacial score (nSPS) is 22.1. The lowest BCUT2D eigenvalue weighted by atomic mass is 10.0. The van der Waals surface area contributed by atoms with Gasteiger partial charge in [-0.05, 0) is 51.4 Å². The molecular weight excluding hydrogens is 236 g/mol. The van der Waals surface area contributed by atoms with Gasteiger partial charge in [0.25, 0.3) is 0 Å². The maximum atomic E-state index is 13.1. The molecule has 0 spiro atoms. The van der Waals surface area contributed by atoms with E-state index in [1.165, 1.54) is 6.07 Å². The van der Waals surface area contributed by atoms with Crippen molar-refractivity contribution in [2.24, 2.45) is 0 Å². The molecular formula is C14H17F2NO. The van der Waals surface area contributed by atoms with Crippen LogP contribution in [0.4, 0.5) is 8.78 Å². The van der Waals surface area contributed by atoms with Crippen molar-refractivity contribution in [3.8, 4) is 0 Å². The summed E-state index contributed by atoms with van der Waals surface area (Å²) >= 11 is 0. The largest absolute Gasteiger partial charge is 0.292 e. The van der Waals surface area contributed by atoms with Gasteiger partial charge in [0.15, 0.2) is 17.4 Å². The van der Waals surface area contributed by atoms with Crippen molar-refractivity contribution in [3.05, 3.63) is 35.4 Å². The van der Waals surface area contributed by atoms with Crippen molar-refractivity contribution >= 4 is 5.78 Å². The molecule has 0 saturated carbocycles. The van der Waals surface area contributed by atoms with Crippen LogP contribution in [-0.4, -0.2) is 29.3 Å². The van der Waals surface area contributed by atoms with E-state index in [1.54, 1.807) is 0 Å². The third-order valence-electron chi connectivity index (χ3n) is 3.69. The van der Waals surface area contributed by atoms with Crippen molar-refractivity contribution in [1.29, 1.82) is 0 Å². The van der Waals surface area contributed by atoms with E-state index in [9.17, 15) is 13.6 Å². The number of hydrogen-bond acceptors (Lipinski definition) is 2. The summed E-state index contributed by atoms with van der Waals surface area (Å²) in [5.41, 5.74) is 0.237. The van der Waals surface area contributed by atoms with Gasteiger partial charge in [-0.15, -0.1) is 0 Å². The Hall–Kier alpha value is -1.29. The first-order chi connectivity index (χ1) is 8.50. The van der Waals surface area contributed by atoms with Gasteiger partial charge in [-0.2, -0.15) is 0 Å². The second-order valence-electron chi connectivity index (χ2n) is 4.90. The van der Waals surface area contributed by atoms with E-state index in [0.717, 1.165) is 31.5 Å². The zero-order valence-corrected chi connectivity index (χ0v) is 10.6. The minimum absolute atomic E-state index is 0.150. The van der Waals surface area contributed by atoms with E-state index in [0.29, 0.717) is 6.04 Å². The van der Waals surface area contributed by atoms with Gasteiger partial charge >= 0.3 is 0 Å². The van der Waals surface area contributed by atoms with Crippen LogP contribution in [0.1, 0.15) is 37.0 Å². The van der Waals surface area contributed by atoms with Gasteiger partial charge in [-0.3, -0.25) is 9.69 Å². The highest BCUT2D eigenvalue weighted by atomic mass is 19.2. The summed E-state index contributed by atoms with van der Waals surface area (Å²) in [4.78, 5) is 14.3. The highest BCUT2D eigenvalue weighted by Crippen LogP contribution is 2.22. The van der Waals surface area contributed by atoms with Crippen LogP contribution in [0.25, 0.3) is 0 Å². The second kappa shape index (κ2) is 5.14. The Balaban J connectivity index is 2.17. The van der Waals surface area contributed by atoms with Gasteiger partial charge in [0, 0.05) is 11.6 Å². The van der Waals surface area contributed by atoms with Crippen molar-refractivity contribution in [2.45, 2.75) is 38.8 Å². The van der Waals surface area contributed by atoms with Crippen LogP contribution in [0.2, 0.25) is 0 Å². The van der Waals surface area contributed by atoms with Crippen LogP contribution in [0.3, 0.4) is 0 Å². The summed E-state index contributed by atoms with van der Waals surface area (Å²) in [5.74, 6) is -2.04. The lowest BCUT2D eigenvalue weighted by molar-refractivity contribution is 0.0829. The molecule has 1 heterocycles. The molecule has 1 aromatic carbocycles. The Morgan fingerprint density at radius 2 is 2.11 bits per heavy atom. The molecule has 4 heteroatoms. The van der Waals surface area contributed by atoms with Gasteiger partial charge in [0.2, 0.25) is 0 Å². The summed E-state index contributed by atoms with van der Waals surface area (Å²) in [7, 11) is 0. The minimum atomic E-state index is -0.970. The number of ketones is 1. The molecule has 1 saturated heterocycles. The summed E-state index contributed by atoms with van der Waals surface area (Å²) in [6, 6.07) is 3.41. The predicted molar refractivity (Wildman–Crippen MR) is 65.6 cm³/mol. The summed E-state index contributed by atoms with van der Waals surface area (Å²) in [5, 5.41) is 0.